The van der Waals surface area contributed by atoms with Gasteiger partial charge >= 0.3 is 6.09 Å². The van der Waals surface area contributed by atoms with Gasteiger partial charge in [-0.2, -0.15) is 9.90 Å². The molecule has 1 aromatic heterocycles. The average molecular weight is 333 g/mol. The van der Waals surface area contributed by atoms with E-state index in [-0.39, 0.29) is 0 Å². The minimum atomic E-state index is -0.671. The maximum Gasteiger partial charge on any atom is 0.408 e. The Morgan fingerprint density at radius 3 is 2.47 bits per heavy atom. The van der Waals surface area contributed by atoms with Crippen molar-refractivity contribution in [3.05, 3.63) is 10.3 Å². The molecule has 1 aliphatic heterocycles. The van der Waals surface area contributed by atoms with Crippen molar-refractivity contribution in [2.24, 2.45) is 7.05 Å². The number of carbonyl (C=O) groups is 1. The van der Waals surface area contributed by atoms with Gasteiger partial charge in [-0.3, -0.25) is 0 Å². The summed E-state index contributed by atoms with van der Waals surface area (Å²) in [6.45, 7) is 6.14. The SMILES string of the molecule is Cn1nc(Br)c(C2(NC(=O)OC(C)(C)C)COC2)n1. The highest BCUT2D eigenvalue weighted by molar-refractivity contribution is 9.10. The second-order valence-electron chi connectivity index (χ2n) is 5.53. The molecular formula is C11H17BrN4O3. The third-order valence-corrected chi connectivity index (χ3v) is 3.10. The molecule has 0 spiro atoms. The Morgan fingerprint density at radius 1 is 1.47 bits per heavy atom. The van der Waals surface area contributed by atoms with Gasteiger partial charge < -0.3 is 14.8 Å². The van der Waals surface area contributed by atoms with Crippen LogP contribution in [0.25, 0.3) is 0 Å². The molecule has 1 N–H and O–H groups in total. The fourth-order valence-corrected chi connectivity index (χ4v) is 2.44. The van der Waals surface area contributed by atoms with Gasteiger partial charge in [0.15, 0.2) is 4.60 Å². The predicted octanol–water partition coefficient (Wildman–Crippen LogP) is 1.33. The van der Waals surface area contributed by atoms with Gasteiger partial charge in [-0.1, -0.05) is 0 Å². The summed E-state index contributed by atoms with van der Waals surface area (Å²) < 4.78 is 11.1. The summed E-state index contributed by atoms with van der Waals surface area (Å²) in [7, 11) is 1.72. The van der Waals surface area contributed by atoms with Crippen LogP contribution in [0.5, 0.6) is 0 Å². The number of amides is 1. The van der Waals surface area contributed by atoms with Crippen LogP contribution in [0.4, 0.5) is 4.79 Å². The number of hydrogen-bond donors (Lipinski definition) is 1. The number of rotatable bonds is 2. The molecule has 0 bridgehead atoms. The molecule has 19 heavy (non-hydrogen) atoms. The summed E-state index contributed by atoms with van der Waals surface area (Å²) in [6, 6.07) is 0. The second kappa shape index (κ2) is 4.75. The Morgan fingerprint density at radius 2 is 2.11 bits per heavy atom. The van der Waals surface area contributed by atoms with E-state index in [1.54, 1.807) is 7.05 Å². The third kappa shape index (κ3) is 3.06. The van der Waals surface area contributed by atoms with Crippen LogP contribution in [0, 0.1) is 0 Å². The van der Waals surface area contributed by atoms with E-state index in [4.69, 9.17) is 9.47 Å². The molecule has 2 rings (SSSR count). The highest BCUT2D eigenvalue weighted by atomic mass is 79.9. The first-order valence-electron chi connectivity index (χ1n) is 5.88. The van der Waals surface area contributed by atoms with Crippen molar-refractivity contribution in [1.82, 2.24) is 20.3 Å². The normalized spacial score (nSPS) is 17.7. The van der Waals surface area contributed by atoms with Gasteiger partial charge in [-0.15, -0.1) is 5.10 Å². The first kappa shape index (κ1) is 14.3. The summed E-state index contributed by atoms with van der Waals surface area (Å²) in [5.41, 5.74) is -0.572. The van der Waals surface area contributed by atoms with Crippen LogP contribution >= 0.6 is 15.9 Å². The number of hydrogen-bond acceptors (Lipinski definition) is 5. The van der Waals surface area contributed by atoms with Crippen molar-refractivity contribution in [3.63, 3.8) is 0 Å². The van der Waals surface area contributed by atoms with Gasteiger partial charge in [-0.25, -0.2) is 4.79 Å². The molecule has 106 valence electrons. The quantitative estimate of drug-likeness (QED) is 0.883. The lowest BCUT2D eigenvalue weighted by Gasteiger charge is -2.40. The molecule has 0 atom stereocenters. The lowest BCUT2D eigenvalue weighted by atomic mass is 9.94. The van der Waals surface area contributed by atoms with Gasteiger partial charge in [0.05, 0.1) is 13.2 Å². The number of halogens is 1. The maximum atomic E-state index is 11.9. The maximum absolute atomic E-state index is 11.9. The monoisotopic (exact) mass is 332 g/mol. The van der Waals surface area contributed by atoms with Crippen LogP contribution in [0.2, 0.25) is 0 Å². The number of nitrogens with one attached hydrogen (secondary N) is 1. The van der Waals surface area contributed by atoms with Crippen molar-refractivity contribution in [3.8, 4) is 0 Å². The molecule has 7 nitrogen and oxygen atoms in total. The zero-order valence-corrected chi connectivity index (χ0v) is 12.9. The summed E-state index contributed by atoms with van der Waals surface area (Å²) in [5, 5.41) is 11.2. The molecule has 0 aliphatic carbocycles. The third-order valence-electron chi connectivity index (χ3n) is 2.56. The van der Waals surface area contributed by atoms with E-state index in [0.29, 0.717) is 23.5 Å². The van der Waals surface area contributed by atoms with Gasteiger partial charge in [0, 0.05) is 7.05 Å². The van der Waals surface area contributed by atoms with Crippen LogP contribution in [0.15, 0.2) is 4.60 Å². The average Bonchev–Trinajstić information content (AvgIpc) is 2.49. The first-order valence-corrected chi connectivity index (χ1v) is 6.67. The van der Waals surface area contributed by atoms with Gasteiger partial charge in [-0.05, 0) is 36.7 Å². The number of aryl methyl sites for hydroxylation is 1. The van der Waals surface area contributed by atoms with E-state index in [0.717, 1.165) is 0 Å². The number of aromatic nitrogens is 3. The van der Waals surface area contributed by atoms with Gasteiger partial charge in [0.1, 0.15) is 16.8 Å². The van der Waals surface area contributed by atoms with E-state index < -0.39 is 17.2 Å². The molecule has 2 heterocycles. The molecule has 1 fully saturated rings. The van der Waals surface area contributed by atoms with Crippen molar-refractivity contribution < 1.29 is 14.3 Å². The molecule has 1 aliphatic rings. The summed E-state index contributed by atoms with van der Waals surface area (Å²) >= 11 is 3.34. The van der Waals surface area contributed by atoms with E-state index in [9.17, 15) is 4.79 Å². The van der Waals surface area contributed by atoms with Crippen LogP contribution in [-0.2, 0) is 22.1 Å². The lowest BCUT2D eigenvalue weighted by molar-refractivity contribution is -0.0823. The Hall–Kier alpha value is -1.15. The number of nitrogens with zero attached hydrogens (tertiary/aromatic N) is 3. The van der Waals surface area contributed by atoms with Crippen molar-refractivity contribution in [2.45, 2.75) is 31.9 Å². The zero-order chi connectivity index (χ0) is 14.3. The molecule has 1 amide bonds. The highest BCUT2D eigenvalue weighted by Crippen LogP contribution is 2.32. The highest BCUT2D eigenvalue weighted by Gasteiger charge is 2.46. The standard InChI is InChI=1S/C11H17BrN4O3/c1-10(2,3)19-9(17)13-11(5-18-6-11)7-8(12)15-16(4)14-7/h5-6H2,1-4H3,(H,13,17). The Kier molecular flexibility index (Phi) is 3.57. The van der Waals surface area contributed by atoms with E-state index in [1.807, 2.05) is 20.8 Å². The minimum absolute atomic E-state index is 0.351. The fraction of sp³-hybridized carbons (Fsp3) is 0.727. The zero-order valence-electron chi connectivity index (χ0n) is 11.4. The van der Waals surface area contributed by atoms with Crippen LogP contribution in [0.3, 0.4) is 0 Å². The smallest absolute Gasteiger partial charge is 0.408 e. The van der Waals surface area contributed by atoms with Crippen molar-refractivity contribution in [1.29, 1.82) is 0 Å². The molecule has 8 heteroatoms. The van der Waals surface area contributed by atoms with Gasteiger partial charge in [0.25, 0.3) is 0 Å². The van der Waals surface area contributed by atoms with Gasteiger partial charge in [0.2, 0.25) is 0 Å². The number of ether oxygens (including phenoxy) is 2. The second-order valence-corrected chi connectivity index (χ2v) is 6.28. The molecule has 0 aromatic carbocycles. The van der Waals surface area contributed by atoms with Crippen LogP contribution in [0.1, 0.15) is 26.5 Å². The predicted molar refractivity (Wildman–Crippen MR) is 70.6 cm³/mol. The van der Waals surface area contributed by atoms with Crippen molar-refractivity contribution >= 4 is 22.0 Å². The summed E-state index contributed by atoms with van der Waals surface area (Å²) in [6.07, 6.45) is -0.492. The molecule has 0 radical (unpaired) electrons. The lowest BCUT2D eigenvalue weighted by Crippen LogP contribution is -2.60. The Labute approximate surface area is 119 Å². The molecule has 0 saturated carbocycles. The number of carbonyl (C=O) groups excluding carboxylic acids is 1. The topological polar surface area (TPSA) is 78.3 Å². The van der Waals surface area contributed by atoms with Crippen LogP contribution < -0.4 is 5.32 Å². The molecule has 1 saturated heterocycles. The van der Waals surface area contributed by atoms with Crippen molar-refractivity contribution in [2.75, 3.05) is 13.2 Å². The fourth-order valence-electron chi connectivity index (χ4n) is 1.75. The van der Waals surface area contributed by atoms with E-state index in [2.05, 4.69) is 31.4 Å². The first-order chi connectivity index (χ1) is 8.72. The largest absolute Gasteiger partial charge is 0.444 e. The Bertz CT molecular complexity index is 491. The molecule has 0 unspecified atom stereocenters. The number of alkyl carbamates (subject to hydrolysis) is 1. The van der Waals surface area contributed by atoms with Crippen LogP contribution in [-0.4, -0.2) is 39.9 Å². The minimum Gasteiger partial charge on any atom is -0.444 e. The molecule has 1 aromatic rings. The van der Waals surface area contributed by atoms with E-state index in [1.165, 1.54) is 4.80 Å². The summed E-state index contributed by atoms with van der Waals surface area (Å²) in [5.74, 6) is 0. The Balaban J connectivity index is 2.16. The summed E-state index contributed by atoms with van der Waals surface area (Å²) in [4.78, 5) is 13.3. The van der Waals surface area contributed by atoms with E-state index >= 15 is 0 Å². The molecular weight excluding hydrogens is 316 g/mol.